The molecule has 0 bridgehead atoms. The van der Waals surface area contributed by atoms with Gasteiger partial charge in [0.25, 0.3) is 11.8 Å². The molecule has 2 amide bonds. The van der Waals surface area contributed by atoms with Gasteiger partial charge in [-0.05, 0) is 53.6 Å². The fourth-order valence-electron chi connectivity index (χ4n) is 6.03. The predicted molar refractivity (Wildman–Crippen MR) is 167 cm³/mol. The summed E-state index contributed by atoms with van der Waals surface area (Å²) in [7, 11) is 0. The van der Waals surface area contributed by atoms with E-state index in [1.807, 2.05) is 97.1 Å². The number of nitrogens with zero attached hydrogens (tertiary/aromatic N) is 3. The number of benzene rings is 5. The maximum absolute atomic E-state index is 14.2. The molecule has 0 unspecified atom stereocenters. The van der Waals surface area contributed by atoms with E-state index < -0.39 is 0 Å². The molecule has 5 aromatic carbocycles. The molecule has 1 aliphatic heterocycles. The SMILES string of the molecule is O=C1c2ccc3c4ccccc4n(-c4ccccc4)c3c2C(=O)N1c1cccc(-c2cccc(-c3ccccc3)c2)n1. The molecule has 0 N–H and O–H groups in total. The summed E-state index contributed by atoms with van der Waals surface area (Å²) in [5.41, 5.74) is 7.17. The Morgan fingerprint density at radius 1 is 0.524 bits per heavy atom. The third-order valence-corrected chi connectivity index (χ3v) is 7.93. The molecule has 0 saturated heterocycles. The van der Waals surface area contributed by atoms with Crippen molar-refractivity contribution in [3.05, 3.63) is 151 Å². The number of pyridine rings is 1. The summed E-state index contributed by atoms with van der Waals surface area (Å²) < 4.78 is 2.08. The van der Waals surface area contributed by atoms with E-state index in [9.17, 15) is 9.59 Å². The number of amides is 2. The molecule has 0 atom stereocenters. The van der Waals surface area contributed by atoms with Crippen LogP contribution in [0.4, 0.5) is 5.82 Å². The maximum Gasteiger partial charge on any atom is 0.269 e. The first-order chi connectivity index (χ1) is 20.7. The van der Waals surface area contributed by atoms with E-state index in [1.54, 1.807) is 12.1 Å². The van der Waals surface area contributed by atoms with Crippen LogP contribution in [-0.2, 0) is 0 Å². The predicted octanol–water partition coefficient (Wildman–Crippen LogP) is 8.31. The van der Waals surface area contributed by atoms with Crippen LogP contribution >= 0.6 is 0 Å². The summed E-state index contributed by atoms with van der Waals surface area (Å²) in [6.45, 7) is 0. The van der Waals surface area contributed by atoms with Gasteiger partial charge in [0.15, 0.2) is 0 Å². The highest BCUT2D eigenvalue weighted by molar-refractivity contribution is 6.38. The zero-order chi connectivity index (χ0) is 28.2. The summed E-state index contributed by atoms with van der Waals surface area (Å²) in [6.07, 6.45) is 0. The van der Waals surface area contributed by atoms with Crippen LogP contribution < -0.4 is 4.90 Å². The Labute approximate surface area is 241 Å². The van der Waals surface area contributed by atoms with Crippen molar-refractivity contribution in [1.82, 2.24) is 9.55 Å². The summed E-state index contributed by atoms with van der Waals surface area (Å²) in [4.78, 5) is 34.1. The largest absolute Gasteiger partial charge is 0.308 e. The lowest BCUT2D eigenvalue weighted by atomic mass is 10.0. The highest BCUT2D eigenvalue weighted by Crippen LogP contribution is 2.39. The number of imide groups is 1. The molecule has 5 nitrogen and oxygen atoms in total. The van der Waals surface area contributed by atoms with Crippen LogP contribution in [0, 0.1) is 0 Å². The molecule has 7 aromatic rings. The van der Waals surface area contributed by atoms with Gasteiger partial charge in [0, 0.05) is 22.0 Å². The van der Waals surface area contributed by atoms with Crippen LogP contribution in [-0.4, -0.2) is 21.4 Å². The van der Waals surface area contributed by atoms with Gasteiger partial charge in [0.1, 0.15) is 5.82 Å². The molecule has 2 aromatic heterocycles. The molecule has 198 valence electrons. The molecule has 0 fully saturated rings. The summed E-state index contributed by atoms with van der Waals surface area (Å²) >= 11 is 0. The first kappa shape index (κ1) is 24.0. The normalized spacial score (nSPS) is 12.8. The van der Waals surface area contributed by atoms with Crippen molar-refractivity contribution >= 4 is 39.4 Å². The number of hydrogen-bond acceptors (Lipinski definition) is 3. The standard InChI is InChI=1S/C37H23N3O2/c41-36-30-22-21-29-28-17-7-8-19-32(28)39(27-15-5-2-6-16-27)35(29)34(30)37(42)40(36)33-20-10-18-31(38-33)26-14-9-13-25(23-26)24-11-3-1-4-12-24/h1-23H. The van der Waals surface area contributed by atoms with E-state index in [4.69, 9.17) is 4.98 Å². The van der Waals surface area contributed by atoms with E-state index in [2.05, 4.69) is 34.9 Å². The number of aromatic nitrogens is 2. The van der Waals surface area contributed by atoms with Crippen molar-refractivity contribution < 1.29 is 9.59 Å². The van der Waals surface area contributed by atoms with Gasteiger partial charge in [-0.1, -0.05) is 97.1 Å². The van der Waals surface area contributed by atoms with E-state index in [0.29, 0.717) is 22.6 Å². The highest BCUT2D eigenvalue weighted by atomic mass is 16.2. The van der Waals surface area contributed by atoms with E-state index in [1.165, 1.54) is 4.90 Å². The third-order valence-electron chi connectivity index (χ3n) is 7.93. The average molecular weight is 542 g/mol. The first-order valence-electron chi connectivity index (χ1n) is 13.8. The molecular formula is C37H23N3O2. The summed E-state index contributed by atoms with van der Waals surface area (Å²) in [5, 5.41) is 1.95. The fourth-order valence-corrected chi connectivity index (χ4v) is 6.03. The second-order valence-electron chi connectivity index (χ2n) is 10.3. The Hall–Kier alpha value is -5.81. The van der Waals surface area contributed by atoms with Crippen LogP contribution in [0.2, 0.25) is 0 Å². The van der Waals surface area contributed by atoms with Gasteiger partial charge >= 0.3 is 0 Å². The van der Waals surface area contributed by atoms with Gasteiger partial charge < -0.3 is 4.57 Å². The van der Waals surface area contributed by atoms with E-state index in [0.717, 1.165) is 44.2 Å². The minimum Gasteiger partial charge on any atom is -0.308 e. The van der Waals surface area contributed by atoms with E-state index in [-0.39, 0.29) is 11.8 Å². The van der Waals surface area contributed by atoms with Gasteiger partial charge in [-0.25, -0.2) is 9.88 Å². The second-order valence-corrected chi connectivity index (χ2v) is 10.3. The van der Waals surface area contributed by atoms with Gasteiger partial charge in [0.2, 0.25) is 0 Å². The number of carbonyl (C=O) groups excluding carboxylic acids is 2. The Morgan fingerprint density at radius 2 is 1.21 bits per heavy atom. The van der Waals surface area contributed by atoms with E-state index >= 15 is 0 Å². The molecule has 3 heterocycles. The Kier molecular flexibility index (Phi) is 5.37. The quantitative estimate of drug-likeness (QED) is 0.211. The maximum atomic E-state index is 14.2. The Morgan fingerprint density at radius 3 is 2.05 bits per heavy atom. The van der Waals surface area contributed by atoms with Crippen molar-refractivity contribution in [1.29, 1.82) is 0 Å². The van der Waals surface area contributed by atoms with Crippen LogP contribution in [0.1, 0.15) is 20.7 Å². The Bertz CT molecular complexity index is 2180. The molecule has 8 rings (SSSR count). The van der Waals surface area contributed by atoms with Crippen LogP contribution in [0.3, 0.4) is 0 Å². The second kappa shape index (κ2) is 9.39. The number of para-hydroxylation sites is 2. The van der Waals surface area contributed by atoms with Crippen LogP contribution in [0.25, 0.3) is 49.9 Å². The minimum atomic E-state index is -0.372. The molecule has 42 heavy (non-hydrogen) atoms. The summed E-state index contributed by atoms with van der Waals surface area (Å²) in [5.74, 6) is -0.438. The number of fused-ring (bicyclic) bond motifs is 5. The van der Waals surface area contributed by atoms with Crippen LogP contribution in [0.15, 0.2) is 140 Å². The topological polar surface area (TPSA) is 55.2 Å². The zero-order valence-electron chi connectivity index (χ0n) is 22.4. The van der Waals surface area contributed by atoms with Gasteiger partial charge in [-0.3, -0.25) is 9.59 Å². The minimum absolute atomic E-state index is 0.305. The molecule has 0 aliphatic carbocycles. The average Bonchev–Trinajstić information content (AvgIpc) is 3.53. The van der Waals surface area contributed by atoms with Crippen LogP contribution in [0.5, 0.6) is 0 Å². The lowest BCUT2D eigenvalue weighted by Gasteiger charge is -2.14. The number of rotatable bonds is 4. The zero-order valence-corrected chi connectivity index (χ0v) is 22.4. The molecule has 0 spiro atoms. The smallest absolute Gasteiger partial charge is 0.269 e. The van der Waals surface area contributed by atoms with Gasteiger partial charge in [-0.15, -0.1) is 0 Å². The monoisotopic (exact) mass is 541 g/mol. The van der Waals surface area contributed by atoms with Crippen molar-refractivity contribution in [3.8, 4) is 28.1 Å². The summed E-state index contributed by atoms with van der Waals surface area (Å²) in [6, 6.07) is 45.5. The van der Waals surface area contributed by atoms with Crippen molar-refractivity contribution in [2.24, 2.45) is 0 Å². The molecule has 5 heteroatoms. The molecule has 1 aliphatic rings. The number of carbonyl (C=O) groups is 2. The van der Waals surface area contributed by atoms with Gasteiger partial charge in [-0.2, -0.15) is 0 Å². The highest BCUT2D eigenvalue weighted by Gasteiger charge is 2.40. The molecular weight excluding hydrogens is 518 g/mol. The molecule has 0 saturated carbocycles. The Balaban J connectivity index is 1.27. The lowest BCUT2D eigenvalue weighted by Crippen LogP contribution is -2.30. The number of hydrogen-bond donors (Lipinski definition) is 0. The van der Waals surface area contributed by atoms with Crippen molar-refractivity contribution in [2.45, 2.75) is 0 Å². The lowest BCUT2D eigenvalue weighted by molar-refractivity contribution is 0.0925. The van der Waals surface area contributed by atoms with Crippen molar-refractivity contribution in [3.63, 3.8) is 0 Å². The number of anilines is 1. The first-order valence-corrected chi connectivity index (χ1v) is 13.8. The van der Waals surface area contributed by atoms with Crippen molar-refractivity contribution in [2.75, 3.05) is 4.90 Å². The fraction of sp³-hybridized carbons (Fsp3) is 0. The van der Waals surface area contributed by atoms with Gasteiger partial charge in [0.05, 0.1) is 27.9 Å². The molecule has 0 radical (unpaired) electrons. The third kappa shape index (κ3) is 3.61.